The van der Waals surface area contributed by atoms with Gasteiger partial charge in [-0.25, -0.2) is 0 Å². The molecular formula is C35H52N2O9Si. The van der Waals surface area contributed by atoms with Gasteiger partial charge in [0.2, 0.25) is 11.6 Å². The molecule has 47 heavy (non-hydrogen) atoms. The summed E-state index contributed by atoms with van der Waals surface area (Å²) in [6, 6.07) is 11.2. The summed E-state index contributed by atoms with van der Waals surface area (Å²) in [5.74, 6) is -2.27. The van der Waals surface area contributed by atoms with Gasteiger partial charge >= 0.3 is 11.9 Å². The third-order valence-electron chi connectivity index (χ3n) is 9.41. The Hall–Kier alpha value is -3.00. The predicted molar refractivity (Wildman–Crippen MR) is 180 cm³/mol. The van der Waals surface area contributed by atoms with Gasteiger partial charge in [-0.15, -0.1) is 0 Å². The number of nitrogens with zero attached hydrogens (tertiary/aromatic N) is 2. The maximum absolute atomic E-state index is 12.4. The van der Waals surface area contributed by atoms with E-state index in [-0.39, 0.29) is 43.8 Å². The summed E-state index contributed by atoms with van der Waals surface area (Å²) in [7, 11) is -2.59. The zero-order valence-corrected chi connectivity index (χ0v) is 30.1. The number of carboxylic acid groups (broad SMARTS) is 2. The number of hydrogen-bond donors (Lipinski definition) is 3. The van der Waals surface area contributed by atoms with Crippen LogP contribution >= 0.6 is 0 Å². The number of ether oxygens (including phenoxy) is 4. The molecule has 3 N–H and O–H groups in total. The fraction of sp³-hybridized carbons (Fsp3) is 0.600. The number of para-hydroxylation sites is 2. The maximum atomic E-state index is 12.4. The molecule has 2 aromatic rings. The van der Waals surface area contributed by atoms with Crippen molar-refractivity contribution < 1.29 is 43.5 Å². The van der Waals surface area contributed by atoms with Crippen molar-refractivity contribution in [3.05, 3.63) is 58.7 Å². The summed E-state index contributed by atoms with van der Waals surface area (Å²) in [6.07, 6.45) is 1.17. The van der Waals surface area contributed by atoms with Crippen molar-refractivity contribution in [2.45, 2.75) is 116 Å². The molecule has 2 heterocycles. The average Bonchev–Trinajstić information content (AvgIpc) is 2.93. The molecule has 2 aromatic carbocycles. The van der Waals surface area contributed by atoms with Crippen LogP contribution in [0.15, 0.2) is 36.4 Å². The van der Waals surface area contributed by atoms with E-state index in [0.717, 1.165) is 22.3 Å². The summed E-state index contributed by atoms with van der Waals surface area (Å²) in [5, 5.41) is 19.8. The van der Waals surface area contributed by atoms with E-state index in [2.05, 4.69) is 0 Å². The molecule has 0 aliphatic carbocycles. The lowest BCUT2D eigenvalue weighted by Gasteiger charge is -2.40. The number of aliphatic carboxylic acids is 2. The van der Waals surface area contributed by atoms with Crippen LogP contribution in [-0.2, 0) is 45.4 Å². The highest BCUT2D eigenvalue weighted by molar-refractivity contribution is 6.72. The fourth-order valence-electron chi connectivity index (χ4n) is 5.91. The molecule has 0 radical (unpaired) electrons. The fourth-order valence-corrected chi connectivity index (χ4v) is 6.67. The van der Waals surface area contributed by atoms with Crippen LogP contribution in [0.4, 0.5) is 0 Å². The van der Waals surface area contributed by atoms with E-state index in [1.54, 1.807) is 0 Å². The topological polar surface area (TPSA) is 138 Å². The molecule has 0 saturated carbocycles. The van der Waals surface area contributed by atoms with Crippen LogP contribution in [0.2, 0.25) is 18.1 Å². The molecule has 4 rings (SSSR count). The Morgan fingerprint density at radius 2 is 1.34 bits per heavy atom. The highest BCUT2D eigenvalue weighted by Crippen LogP contribution is 2.41. The standard InChI is InChI=1S/C35H52N2O9Si/c1-33(2,47(7,8)42)16-15-28(37(21-30(40)41)18-25-12-10-14-27-23-44-35(5,6)46-32(25)27)19-36(20-29(38)39)17-24-11-9-13-26-22-43-34(3,4)45-31(24)26/h9-14,28,42H,15-23H2,1-8H3,(H,38,39)(H,40,41). The van der Waals surface area contributed by atoms with Crippen molar-refractivity contribution in [3.8, 4) is 11.5 Å². The Labute approximate surface area is 279 Å². The van der Waals surface area contributed by atoms with Gasteiger partial charge in [0.25, 0.3) is 0 Å². The van der Waals surface area contributed by atoms with Gasteiger partial charge in [0.15, 0.2) is 8.32 Å². The van der Waals surface area contributed by atoms with E-state index in [0.29, 0.717) is 37.6 Å². The van der Waals surface area contributed by atoms with Crippen LogP contribution in [0.1, 0.15) is 76.6 Å². The van der Waals surface area contributed by atoms with E-state index < -0.39 is 31.8 Å². The lowest BCUT2D eigenvalue weighted by atomic mass is 9.99. The highest BCUT2D eigenvalue weighted by Gasteiger charge is 2.39. The molecule has 0 bridgehead atoms. The van der Waals surface area contributed by atoms with Crippen LogP contribution < -0.4 is 9.47 Å². The lowest BCUT2D eigenvalue weighted by molar-refractivity contribution is -0.181. The summed E-state index contributed by atoms with van der Waals surface area (Å²) < 4.78 is 24.1. The Bertz CT molecular complexity index is 1440. The molecule has 0 aromatic heterocycles. The molecule has 11 nitrogen and oxygen atoms in total. The van der Waals surface area contributed by atoms with E-state index in [1.807, 2.05) is 101 Å². The molecule has 260 valence electrons. The van der Waals surface area contributed by atoms with Gasteiger partial charge in [-0.3, -0.25) is 19.4 Å². The summed E-state index contributed by atoms with van der Waals surface area (Å²) in [5.41, 5.74) is 3.44. The molecule has 0 fully saturated rings. The van der Waals surface area contributed by atoms with E-state index >= 15 is 0 Å². The number of benzene rings is 2. The first-order chi connectivity index (χ1) is 21.8. The minimum atomic E-state index is -2.59. The minimum absolute atomic E-state index is 0.250. The number of carbonyl (C=O) groups is 2. The molecule has 0 saturated heterocycles. The summed E-state index contributed by atoms with van der Waals surface area (Å²) >= 11 is 0. The second kappa shape index (κ2) is 14.2. The van der Waals surface area contributed by atoms with E-state index in [1.165, 1.54) is 0 Å². The number of hydrogen-bond acceptors (Lipinski definition) is 9. The molecule has 2 aliphatic rings. The van der Waals surface area contributed by atoms with Gasteiger partial charge in [0, 0.05) is 75.6 Å². The molecule has 1 unspecified atom stereocenters. The third kappa shape index (κ3) is 9.77. The smallest absolute Gasteiger partial charge is 0.317 e. The molecule has 12 heteroatoms. The summed E-state index contributed by atoms with van der Waals surface area (Å²) in [6.45, 7) is 16.4. The van der Waals surface area contributed by atoms with Crippen LogP contribution in [0.25, 0.3) is 0 Å². The average molecular weight is 673 g/mol. The largest absolute Gasteiger partial charge is 0.480 e. The second-order valence-corrected chi connectivity index (χ2v) is 19.4. The van der Waals surface area contributed by atoms with Gasteiger partial charge in [-0.2, -0.15) is 0 Å². The number of rotatable bonds is 15. The Morgan fingerprint density at radius 1 is 0.851 bits per heavy atom. The number of fused-ring (bicyclic) bond motifs is 2. The van der Waals surface area contributed by atoms with Gasteiger partial charge in [-0.05, 0) is 31.0 Å². The second-order valence-electron chi connectivity index (χ2n) is 14.9. The third-order valence-corrected chi connectivity index (χ3v) is 13.0. The highest BCUT2D eigenvalue weighted by atomic mass is 28.4. The zero-order valence-electron chi connectivity index (χ0n) is 29.1. The first-order valence-corrected chi connectivity index (χ1v) is 19.2. The first kappa shape index (κ1) is 36.8. The van der Waals surface area contributed by atoms with Crippen LogP contribution in [0, 0.1) is 0 Å². The Morgan fingerprint density at radius 3 is 1.81 bits per heavy atom. The molecule has 0 amide bonds. The monoisotopic (exact) mass is 672 g/mol. The van der Waals surface area contributed by atoms with Crippen molar-refractivity contribution in [1.29, 1.82) is 0 Å². The van der Waals surface area contributed by atoms with E-state index in [4.69, 9.17) is 18.9 Å². The van der Waals surface area contributed by atoms with Crippen molar-refractivity contribution >= 4 is 20.3 Å². The van der Waals surface area contributed by atoms with Gasteiger partial charge in [0.05, 0.1) is 26.3 Å². The van der Waals surface area contributed by atoms with Crippen molar-refractivity contribution in [2.24, 2.45) is 0 Å². The molecule has 0 spiro atoms. The molecular weight excluding hydrogens is 620 g/mol. The molecule has 1 atom stereocenters. The van der Waals surface area contributed by atoms with Crippen LogP contribution in [0.5, 0.6) is 11.5 Å². The van der Waals surface area contributed by atoms with Gasteiger partial charge in [0.1, 0.15) is 11.5 Å². The number of carboxylic acids is 2. The Balaban J connectivity index is 1.71. The van der Waals surface area contributed by atoms with Crippen LogP contribution in [0.3, 0.4) is 0 Å². The normalized spacial score (nSPS) is 17.8. The van der Waals surface area contributed by atoms with Gasteiger partial charge in [-0.1, -0.05) is 50.2 Å². The first-order valence-electron chi connectivity index (χ1n) is 16.2. The van der Waals surface area contributed by atoms with Crippen LogP contribution in [-0.4, -0.2) is 82.3 Å². The quantitative estimate of drug-likeness (QED) is 0.205. The zero-order chi connectivity index (χ0) is 34.8. The predicted octanol–water partition coefficient (Wildman–Crippen LogP) is 5.58. The van der Waals surface area contributed by atoms with Crippen molar-refractivity contribution in [3.63, 3.8) is 0 Å². The van der Waals surface area contributed by atoms with E-state index in [9.17, 15) is 24.6 Å². The molecule has 2 aliphatic heterocycles. The van der Waals surface area contributed by atoms with Gasteiger partial charge < -0.3 is 34.0 Å². The van der Waals surface area contributed by atoms with Crippen molar-refractivity contribution in [2.75, 3.05) is 19.6 Å². The van der Waals surface area contributed by atoms with Crippen molar-refractivity contribution in [1.82, 2.24) is 9.80 Å². The minimum Gasteiger partial charge on any atom is -0.480 e. The summed E-state index contributed by atoms with van der Waals surface area (Å²) in [4.78, 5) is 39.4. The SMILES string of the molecule is CC1(C)OCc2cccc(CN(CC(=O)O)CC(CCC(C)(C)[Si](C)(C)O)N(CC(=O)O)Cc3cccc4c3OC(C)(C)OC4)c2O1. The maximum Gasteiger partial charge on any atom is 0.317 e. The Kier molecular flexibility index (Phi) is 11.2. The lowest BCUT2D eigenvalue weighted by Crippen LogP contribution is -2.48.